The third kappa shape index (κ3) is 9.78. The molecule has 0 bridgehead atoms. The van der Waals surface area contributed by atoms with Crippen LogP contribution in [-0.4, -0.2) is 18.4 Å². The topological polar surface area (TPSA) is 43.4 Å². The summed E-state index contributed by atoms with van der Waals surface area (Å²) in [7, 11) is 0. The minimum atomic E-state index is -0.360. The predicted octanol–water partition coefficient (Wildman–Crippen LogP) is 5.46. The monoisotopic (exact) mass is 324 g/mol. The van der Waals surface area contributed by atoms with Gasteiger partial charge in [-0.3, -0.25) is 9.59 Å². The molecule has 0 spiro atoms. The van der Waals surface area contributed by atoms with Crippen molar-refractivity contribution in [2.75, 3.05) is 6.61 Å². The zero-order valence-corrected chi connectivity index (χ0v) is 15.5. The van der Waals surface area contributed by atoms with E-state index < -0.39 is 0 Å². The number of carbonyl (C=O) groups is 2. The highest BCUT2D eigenvalue weighted by molar-refractivity contribution is 5.84. The minimum absolute atomic E-state index is 0.0362. The van der Waals surface area contributed by atoms with Gasteiger partial charge in [0.2, 0.25) is 0 Å². The Labute approximate surface area is 142 Å². The third-order valence-electron chi connectivity index (χ3n) is 5.19. The molecule has 3 nitrogen and oxygen atoms in total. The lowest BCUT2D eigenvalue weighted by Crippen LogP contribution is -2.22. The summed E-state index contributed by atoms with van der Waals surface area (Å²) in [5, 5.41) is 0. The van der Waals surface area contributed by atoms with Crippen molar-refractivity contribution in [1.29, 1.82) is 0 Å². The summed E-state index contributed by atoms with van der Waals surface area (Å²) >= 11 is 0. The first-order valence-electron chi connectivity index (χ1n) is 9.57. The SMILES string of the molecule is CC(=O)OCC(=O)C1CCCCCCCCC(C)(C)CCCC1. The lowest BCUT2D eigenvalue weighted by atomic mass is 9.80. The molecule has 0 aromatic heterocycles. The number of carbonyl (C=O) groups excluding carboxylic acids is 2. The van der Waals surface area contributed by atoms with Gasteiger partial charge in [-0.2, -0.15) is 0 Å². The average molecular weight is 325 g/mol. The highest BCUT2D eigenvalue weighted by Gasteiger charge is 2.21. The molecule has 3 heteroatoms. The number of esters is 1. The van der Waals surface area contributed by atoms with Crippen LogP contribution >= 0.6 is 0 Å². The lowest BCUT2D eigenvalue weighted by molar-refractivity contribution is -0.147. The number of hydrogen-bond donors (Lipinski definition) is 0. The van der Waals surface area contributed by atoms with E-state index >= 15 is 0 Å². The second-order valence-electron chi connectivity index (χ2n) is 8.01. The number of ether oxygens (including phenoxy) is 1. The Kier molecular flexibility index (Phi) is 9.50. The summed E-state index contributed by atoms with van der Waals surface area (Å²) in [6.45, 7) is 6.08. The maximum Gasteiger partial charge on any atom is 0.303 e. The van der Waals surface area contributed by atoms with Gasteiger partial charge in [-0.05, 0) is 31.1 Å². The van der Waals surface area contributed by atoms with E-state index in [1.807, 2.05) is 0 Å². The molecule has 23 heavy (non-hydrogen) atoms. The fourth-order valence-electron chi connectivity index (χ4n) is 3.58. The maximum absolute atomic E-state index is 12.3. The Morgan fingerprint density at radius 3 is 1.96 bits per heavy atom. The summed E-state index contributed by atoms with van der Waals surface area (Å²) in [4.78, 5) is 23.2. The first kappa shape index (κ1) is 20.2. The number of ketones is 1. The minimum Gasteiger partial charge on any atom is -0.458 e. The summed E-state index contributed by atoms with van der Waals surface area (Å²) in [5.41, 5.74) is 0.432. The van der Waals surface area contributed by atoms with Gasteiger partial charge in [0, 0.05) is 12.8 Å². The van der Waals surface area contributed by atoms with Crippen molar-refractivity contribution in [3.63, 3.8) is 0 Å². The normalized spacial score (nSPS) is 24.4. The van der Waals surface area contributed by atoms with Crippen LogP contribution in [0, 0.1) is 11.3 Å². The summed E-state index contributed by atoms with van der Waals surface area (Å²) < 4.78 is 4.91. The first-order chi connectivity index (χ1) is 10.9. The zero-order valence-electron chi connectivity index (χ0n) is 15.5. The van der Waals surface area contributed by atoms with E-state index in [-0.39, 0.29) is 24.3 Å². The largest absolute Gasteiger partial charge is 0.458 e. The van der Waals surface area contributed by atoms with E-state index in [2.05, 4.69) is 13.8 Å². The highest BCUT2D eigenvalue weighted by atomic mass is 16.5. The quantitative estimate of drug-likeness (QED) is 0.648. The van der Waals surface area contributed by atoms with Gasteiger partial charge >= 0.3 is 5.97 Å². The van der Waals surface area contributed by atoms with Gasteiger partial charge in [0.15, 0.2) is 5.78 Å². The molecule has 0 amide bonds. The Morgan fingerprint density at radius 1 is 0.870 bits per heavy atom. The standard InChI is InChI=1S/C20H36O3/c1-17(21)23-16-19(22)18-12-8-6-4-5-7-10-14-20(2,3)15-11-9-13-18/h18H,4-16H2,1-3H3. The summed E-state index contributed by atoms with van der Waals surface area (Å²) in [6.07, 6.45) is 14.5. The van der Waals surface area contributed by atoms with E-state index in [0.717, 1.165) is 25.7 Å². The van der Waals surface area contributed by atoms with E-state index in [9.17, 15) is 9.59 Å². The van der Waals surface area contributed by atoms with Crippen LogP contribution in [0.1, 0.15) is 97.8 Å². The number of rotatable bonds is 3. The molecule has 1 rings (SSSR count). The molecule has 0 heterocycles. The van der Waals surface area contributed by atoms with Crippen molar-refractivity contribution in [2.24, 2.45) is 11.3 Å². The molecule has 1 aliphatic rings. The van der Waals surface area contributed by atoms with Crippen LogP contribution in [0.15, 0.2) is 0 Å². The molecule has 134 valence electrons. The van der Waals surface area contributed by atoms with Gasteiger partial charge in [0.05, 0.1) is 0 Å². The van der Waals surface area contributed by atoms with Crippen molar-refractivity contribution in [3.05, 3.63) is 0 Å². The van der Waals surface area contributed by atoms with Crippen LogP contribution in [0.25, 0.3) is 0 Å². The first-order valence-corrected chi connectivity index (χ1v) is 9.57. The van der Waals surface area contributed by atoms with Crippen LogP contribution in [0.3, 0.4) is 0 Å². The van der Waals surface area contributed by atoms with Crippen molar-refractivity contribution < 1.29 is 14.3 Å². The van der Waals surface area contributed by atoms with Gasteiger partial charge in [0.1, 0.15) is 6.61 Å². The van der Waals surface area contributed by atoms with Crippen molar-refractivity contribution in [3.8, 4) is 0 Å². The number of hydrogen-bond acceptors (Lipinski definition) is 3. The van der Waals surface area contributed by atoms with Crippen LogP contribution < -0.4 is 0 Å². The van der Waals surface area contributed by atoms with E-state index in [4.69, 9.17) is 4.74 Å². The molecule has 0 N–H and O–H groups in total. The molecule has 0 aliphatic heterocycles. The van der Waals surface area contributed by atoms with Gasteiger partial charge in [-0.1, -0.05) is 65.2 Å². The molecular formula is C20H36O3. The van der Waals surface area contributed by atoms with E-state index in [1.54, 1.807) is 0 Å². The molecule has 0 saturated heterocycles. The van der Waals surface area contributed by atoms with Crippen molar-refractivity contribution in [2.45, 2.75) is 97.8 Å². The van der Waals surface area contributed by atoms with E-state index in [1.165, 1.54) is 58.3 Å². The molecule has 0 radical (unpaired) electrons. The fourth-order valence-corrected chi connectivity index (χ4v) is 3.58. The van der Waals surface area contributed by atoms with Crippen molar-refractivity contribution >= 4 is 11.8 Å². The van der Waals surface area contributed by atoms with Crippen LogP contribution in [0.5, 0.6) is 0 Å². The van der Waals surface area contributed by atoms with Crippen LogP contribution in [0.4, 0.5) is 0 Å². The van der Waals surface area contributed by atoms with Gasteiger partial charge in [-0.25, -0.2) is 0 Å². The molecule has 1 fully saturated rings. The van der Waals surface area contributed by atoms with Crippen LogP contribution in [-0.2, 0) is 14.3 Å². The molecule has 0 aromatic carbocycles. The maximum atomic E-state index is 12.3. The Balaban J connectivity index is 2.50. The highest BCUT2D eigenvalue weighted by Crippen LogP contribution is 2.31. The molecule has 1 atom stereocenters. The van der Waals surface area contributed by atoms with Crippen molar-refractivity contribution in [1.82, 2.24) is 0 Å². The lowest BCUT2D eigenvalue weighted by Gasteiger charge is -2.25. The Bertz CT molecular complexity index is 360. The zero-order chi connectivity index (χ0) is 17.1. The second-order valence-corrected chi connectivity index (χ2v) is 8.01. The smallest absolute Gasteiger partial charge is 0.303 e. The Morgan fingerprint density at radius 2 is 1.35 bits per heavy atom. The van der Waals surface area contributed by atoms with Gasteiger partial charge in [-0.15, -0.1) is 0 Å². The molecule has 1 unspecified atom stereocenters. The number of Topliss-reactive ketones (excluding diaryl/α,β-unsaturated/α-hetero) is 1. The molecule has 1 saturated carbocycles. The van der Waals surface area contributed by atoms with Gasteiger partial charge in [0.25, 0.3) is 0 Å². The summed E-state index contributed by atoms with van der Waals surface area (Å²) in [5.74, 6) is -0.159. The van der Waals surface area contributed by atoms with E-state index in [0.29, 0.717) is 5.41 Å². The third-order valence-corrected chi connectivity index (χ3v) is 5.19. The molecule has 0 aromatic rings. The average Bonchev–Trinajstić information content (AvgIpc) is 2.48. The van der Waals surface area contributed by atoms with Crippen LogP contribution in [0.2, 0.25) is 0 Å². The second kappa shape index (κ2) is 10.8. The molecular weight excluding hydrogens is 288 g/mol. The summed E-state index contributed by atoms with van der Waals surface area (Å²) in [6, 6.07) is 0. The fraction of sp³-hybridized carbons (Fsp3) is 0.900. The molecule has 1 aliphatic carbocycles. The van der Waals surface area contributed by atoms with Gasteiger partial charge < -0.3 is 4.74 Å². The predicted molar refractivity (Wildman–Crippen MR) is 94.3 cm³/mol. The Hall–Kier alpha value is -0.860.